The third-order valence-corrected chi connectivity index (χ3v) is 6.00. The summed E-state index contributed by atoms with van der Waals surface area (Å²) >= 11 is 0. The number of amides is 1. The zero-order valence-electron chi connectivity index (χ0n) is 16.7. The van der Waals surface area contributed by atoms with Gasteiger partial charge in [-0.2, -0.15) is 5.10 Å². The maximum atomic E-state index is 12.5. The number of hydrogen-bond donors (Lipinski definition) is 1. The molecule has 142 valence electrons. The molecule has 2 saturated heterocycles. The van der Waals surface area contributed by atoms with E-state index in [2.05, 4.69) is 29.2 Å². The van der Waals surface area contributed by atoms with Crippen molar-refractivity contribution in [1.82, 2.24) is 20.0 Å². The van der Waals surface area contributed by atoms with Crippen LogP contribution in [0.2, 0.25) is 0 Å². The molecule has 0 saturated carbocycles. The Kier molecular flexibility index (Phi) is 5.37. The molecule has 1 N–H and O–H groups in total. The first-order valence-electron chi connectivity index (χ1n) is 9.98. The third-order valence-electron chi connectivity index (χ3n) is 6.00. The van der Waals surface area contributed by atoms with Gasteiger partial charge in [0.1, 0.15) is 0 Å². The summed E-state index contributed by atoms with van der Waals surface area (Å²) in [5.41, 5.74) is 1.94. The predicted molar refractivity (Wildman–Crippen MR) is 106 cm³/mol. The highest BCUT2D eigenvalue weighted by molar-refractivity contribution is 6.04. The largest absolute Gasteiger partial charge is 0.351 e. The third kappa shape index (κ3) is 3.13. The number of fused-ring (bicyclic) bond motifs is 2. The second-order valence-electron chi connectivity index (χ2n) is 7.68. The topological polar surface area (TPSA) is 50.2 Å². The first kappa shape index (κ1) is 18.9. The van der Waals surface area contributed by atoms with Crippen LogP contribution < -0.4 is 5.32 Å². The highest BCUT2D eigenvalue weighted by Gasteiger charge is 2.53. The second-order valence-corrected chi connectivity index (χ2v) is 7.68. The van der Waals surface area contributed by atoms with E-state index in [1.54, 1.807) is 4.68 Å². The summed E-state index contributed by atoms with van der Waals surface area (Å²) in [5.74, 6) is -0.0663. The van der Waals surface area contributed by atoms with Crippen molar-refractivity contribution in [1.29, 1.82) is 0 Å². The highest BCUT2D eigenvalue weighted by Crippen LogP contribution is 2.48. The van der Waals surface area contributed by atoms with E-state index in [9.17, 15) is 4.79 Å². The van der Waals surface area contributed by atoms with Crippen LogP contribution >= 0.6 is 0 Å². The van der Waals surface area contributed by atoms with Crippen molar-refractivity contribution in [3.8, 4) is 0 Å². The lowest BCUT2D eigenvalue weighted by molar-refractivity contribution is -0.0516. The maximum Gasteiger partial charge on any atom is 0.272 e. The average molecular weight is 357 g/mol. The van der Waals surface area contributed by atoms with Crippen molar-refractivity contribution >= 4 is 16.8 Å². The molecule has 4 rings (SSSR count). The Labute approximate surface area is 156 Å². The molecule has 3 heterocycles. The van der Waals surface area contributed by atoms with Crippen molar-refractivity contribution in [3.63, 3.8) is 0 Å². The van der Waals surface area contributed by atoms with E-state index in [0.29, 0.717) is 29.9 Å². The smallest absolute Gasteiger partial charge is 0.272 e. The van der Waals surface area contributed by atoms with Crippen LogP contribution in [-0.2, 0) is 7.05 Å². The molecule has 2 aliphatic rings. The van der Waals surface area contributed by atoms with Gasteiger partial charge in [0, 0.05) is 36.6 Å². The van der Waals surface area contributed by atoms with Crippen LogP contribution in [0.3, 0.4) is 0 Å². The van der Waals surface area contributed by atoms with Crippen LogP contribution in [0.1, 0.15) is 63.9 Å². The summed E-state index contributed by atoms with van der Waals surface area (Å²) in [4.78, 5) is 15.2. The number of hydrogen-bond acceptors (Lipinski definition) is 3. The molecule has 0 radical (unpaired) electrons. The fraction of sp³-hybridized carbons (Fsp3) is 0.619. The summed E-state index contributed by atoms with van der Waals surface area (Å²) in [6, 6.07) is 9.17. The quantitative estimate of drug-likeness (QED) is 0.908. The summed E-state index contributed by atoms with van der Waals surface area (Å²) in [6.45, 7) is 9.43. The lowest BCUT2D eigenvalue weighted by Crippen LogP contribution is -2.63. The Morgan fingerprint density at radius 2 is 2.08 bits per heavy atom. The Balaban J connectivity index is 0.000000948. The van der Waals surface area contributed by atoms with Crippen molar-refractivity contribution in [2.45, 2.75) is 71.0 Å². The van der Waals surface area contributed by atoms with Gasteiger partial charge in [-0.15, -0.1) is 0 Å². The minimum absolute atomic E-state index is 0.0663. The maximum absolute atomic E-state index is 12.5. The predicted octanol–water partition coefficient (Wildman–Crippen LogP) is 3.73. The summed E-state index contributed by atoms with van der Waals surface area (Å²) in [5, 5.41) is 8.38. The number of nitrogens with zero attached hydrogens (tertiary/aromatic N) is 3. The van der Waals surface area contributed by atoms with E-state index in [1.807, 2.05) is 45.2 Å². The second kappa shape index (κ2) is 7.39. The molecule has 3 unspecified atom stereocenters. The van der Waals surface area contributed by atoms with Crippen LogP contribution in [0.5, 0.6) is 0 Å². The standard InChI is InChI=1S/C19H26N4O.C2H6/c1-13-8-10-19(2)12-14(23(13)19)9-11-20-18(24)17-15-6-4-5-7-16(15)22(3)21-17;1-2/h4-7,13-14H,8-12H2,1-3H3,(H,20,24);1-2H3. The molecule has 2 aromatic rings. The Bertz CT molecular complexity index is 783. The fourth-order valence-corrected chi connectivity index (χ4v) is 4.88. The number of aromatic nitrogens is 2. The molecule has 2 aliphatic heterocycles. The monoisotopic (exact) mass is 356 g/mol. The van der Waals surface area contributed by atoms with Gasteiger partial charge in [-0.3, -0.25) is 14.4 Å². The van der Waals surface area contributed by atoms with Gasteiger partial charge in [-0.1, -0.05) is 32.0 Å². The zero-order chi connectivity index (χ0) is 18.9. The molecule has 3 atom stereocenters. The SMILES string of the molecule is CC.CC1CCC2(C)CC(CCNC(=O)c3nn(C)c4ccccc34)N12. The first-order chi connectivity index (χ1) is 12.5. The van der Waals surface area contributed by atoms with Crippen molar-refractivity contribution in [2.75, 3.05) is 6.54 Å². The number of para-hydroxylation sites is 1. The van der Waals surface area contributed by atoms with Crippen molar-refractivity contribution < 1.29 is 4.79 Å². The average Bonchev–Trinajstić information content (AvgIpc) is 3.09. The molecular formula is C21H32N4O. The molecule has 5 nitrogen and oxygen atoms in total. The molecule has 26 heavy (non-hydrogen) atoms. The van der Waals surface area contributed by atoms with Crippen LogP contribution in [0.4, 0.5) is 0 Å². The molecule has 0 spiro atoms. The van der Waals surface area contributed by atoms with Gasteiger partial charge in [-0.05, 0) is 45.6 Å². The molecule has 5 heteroatoms. The van der Waals surface area contributed by atoms with Crippen LogP contribution in [-0.4, -0.2) is 44.8 Å². The highest BCUT2D eigenvalue weighted by atomic mass is 16.1. The number of nitrogens with one attached hydrogen (secondary N) is 1. The number of benzene rings is 1. The molecule has 0 aliphatic carbocycles. The summed E-state index contributed by atoms with van der Waals surface area (Å²) in [7, 11) is 1.88. The lowest BCUT2D eigenvalue weighted by Gasteiger charge is -2.55. The van der Waals surface area contributed by atoms with E-state index in [1.165, 1.54) is 19.3 Å². The lowest BCUT2D eigenvalue weighted by atomic mass is 9.79. The van der Waals surface area contributed by atoms with Crippen molar-refractivity contribution in [2.24, 2.45) is 7.05 Å². The fourth-order valence-electron chi connectivity index (χ4n) is 4.88. The zero-order valence-corrected chi connectivity index (χ0v) is 16.7. The van der Waals surface area contributed by atoms with Gasteiger partial charge >= 0.3 is 0 Å². The molecule has 0 bridgehead atoms. The van der Waals surface area contributed by atoms with E-state index in [4.69, 9.17) is 0 Å². The molecular weight excluding hydrogens is 324 g/mol. The minimum Gasteiger partial charge on any atom is -0.351 e. The molecule has 2 fully saturated rings. The number of aryl methyl sites for hydroxylation is 1. The minimum atomic E-state index is -0.0663. The van der Waals surface area contributed by atoms with Gasteiger partial charge < -0.3 is 5.32 Å². The van der Waals surface area contributed by atoms with Crippen LogP contribution in [0.15, 0.2) is 24.3 Å². The summed E-state index contributed by atoms with van der Waals surface area (Å²) < 4.78 is 1.77. The van der Waals surface area contributed by atoms with Crippen LogP contribution in [0.25, 0.3) is 10.9 Å². The number of carbonyl (C=O) groups excluding carboxylic acids is 1. The molecule has 1 amide bonds. The summed E-state index contributed by atoms with van der Waals surface area (Å²) in [6.07, 6.45) is 4.91. The Morgan fingerprint density at radius 1 is 1.35 bits per heavy atom. The van der Waals surface area contributed by atoms with Gasteiger partial charge in [0.2, 0.25) is 0 Å². The number of rotatable bonds is 4. The Hall–Kier alpha value is -1.88. The van der Waals surface area contributed by atoms with Gasteiger partial charge in [0.25, 0.3) is 5.91 Å². The first-order valence-corrected chi connectivity index (χ1v) is 9.98. The normalized spacial score (nSPS) is 27.4. The van der Waals surface area contributed by atoms with E-state index < -0.39 is 0 Å². The molecule has 1 aromatic carbocycles. The van der Waals surface area contributed by atoms with Crippen molar-refractivity contribution in [3.05, 3.63) is 30.0 Å². The number of carbonyl (C=O) groups is 1. The van der Waals surface area contributed by atoms with Crippen LogP contribution in [0, 0.1) is 0 Å². The van der Waals surface area contributed by atoms with Gasteiger partial charge in [0.05, 0.1) is 5.52 Å². The van der Waals surface area contributed by atoms with E-state index in [0.717, 1.165) is 17.3 Å². The van der Waals surface area contributed by atoms with E-state index in [-0.39, 0.29) is 5.91 Å². The molecule has 1 aromatic heterocycles. The van der Waals surface area contributed by atoms with Gasteiger partial charge in [-0.25, -0.2) is 0 Å². The Morgan fingerprint density at radius 3 is 2.81 bits per heavy atom. The van der Waals surface area contributed by atoms with E-state index >= 15 is 0 Å². The van der Waals surface area contributed by atoms with Gasteiger partial charge in [0.15, 0.2) is 5.69 Å².